The lowest BCUT2D eigenvalue weighted by atomic mass is 10.1. The van der Waals surface area contributed by atoms with Crippen LogP contribution in [0, 0.1) is 0 Å². The number of carbonyl (C=O) groups is 3. The summed E-state index contributed by atoms with van der Waals surface area (Å²) in [4.78, 5) is 39.7. The van der Waals surface area contributed by atoms with Gasteiger partial charge >= 0.3 is 6.03 Å². The van der Waals surface area contributed by atoms with Gasteiger partial charge in [-0.3, -0.25) is 9.59 Å². The lowest BCUT2D eigenvalue weighted by Gasteiger charge is -2.33. The molecule has 1 aromatic heterocycles. The van der Waals surface area contributed by atoms with Crippen LogP contribution in [0.25, 0.3) is 11.3 Å². The molecule has 3 heterocycles. The van der Waals surface area contributed by atoms with Gasteiger partial charge in [0.2, 0.25) is 11.8 Å². The summed E-state index contributed by atoms with van der Waals surface area (Å²) >= 11 is 0. The first kappa shape index (κ1) is 17.1. The maximum absolute atomic E-state index is 12.4. The van der Waals surface area contributed by atoms with Crippen LogP contribution in [0.2, 0.25) is 0 Å². The van der Waals surface area contributed by atoms with Crippen LogP contribution < -0.4 is 10.6 Å². The summed E-state index contributed by atoms with van der Waals surface area (Å²) < 4.78 is 5.37. The Morgan fingerprint density at radius 3 is 2.85 bits per heavy atom. The molecule has 27 heavy (non-hydrogen) atoms. The summed E-state index contributed by atoms with van der Waals surface area (Å²) in [6.07, 6.45) is 2.02. The molecular weight excluding hydrogens is 348 g/mol. The number of furan rings is 1. The molecule has 2 aromatic rings. The third-order valence-electron chi connectivity index (χ3n) is 4.92. The lowest BCUT2D eigenvalue weighted by Crippen LogP contribution is -2.55. The summed E-state index contributed by atoms with van der Waals surface area (Å²) in [5.74, 6) is 0.552. The molecule has 0 saturated carbocycles. The Morgan fingerprint density at radius 1 is 1.22 bits per heavy atom. The van der Waals surface area contributed by atoms with Gasteiger partial charge < -0.3 is 24.9 Å². The van der Waals surface area contributed by atoms with Crippen LogP contribution >= 0.6 is 0 Å². The topological polar surface area (TPSA) is 94.9 Å². The molecular formula is C19H20N4O4. The summed E-state index contributed by atoms with van der Waals surface area (Å²) in [5.41, 5.74) is 1.49. The quantitative estimate of drug-likeness (QED) is 0.859. The van der Waals surface area contributed by atoms with Crippen LogP contribution in [0.4, 0.5) is 10.5 Å². The molecule has 0 aliphatic carbocycles. The maximum Gasteiger partial charge on any atom is 0.319 e. The zero-order chi connectivity index (χ0) is 19.0. The van der Waals surface area contributed by atoms with Crippen molar-refractivity contribution in [2.75, 3.05) is 25.5 Å². The van der Waals surface area contributed by atoms with E-state index in [-0.39, 0.29) is 30.4 Å². The van der Waals surface area contributed by atoms with Crippen molar-refractivity contribution < 1.29 is 18.8 Å². The SMILES string of the molecule is CN1CC(=O)N2CC(NC(=O)Nc3cccc(-c4ccco4)c3)CC2C1=O. The van der Waals surface area contributed by atoms with E-state index in [0.29, 0.717) is 24.4 Å². The van der Waals surface area contributed by atoms with E-state index in [1.807, 2.05) is 24.3 Å². The van der Waals surface area contributed by atoms with Gasteiger partial charge in [0.05, 0.1) is 18.8 Å². The molecule has 2 aliphatic heterocycles. The Morgan fingerprint density at radius 2 is 2.07 bits per heavy atom. The van der Waals surface area contributed by atoms with E-state index in [1.54, 1.807) is 30.3 Å². The summed E-state index contributed by atoms with van der Waals surface area (Å²) in [6, 6.07) is 9.86. The average molecular weight is 368 g/mol. The number of nitrogens with zero attached hydrogens (tertiary/aromatic N) is 2. The van der Waals surface area contributed by atoms with Crippen molar-refractivity contribution in [2.45, 2.75) is 18.5 Å². The number of rotatable bonds is 3. The third kappa shape index (κ3) is 3.38. The minimum atomic E-state index is -0.483. The van der Waals surface area contributed by atoms with Crippen LogP contribution in [0.5, 0.6) is 0 Å². The van der Waals surface area contributed by atoms with Gasteiger partial charge in [-0.1, -0.05) is 12.1 Å². The highest BCUT2D eigenvalue weighted by atomic mass is 16.3. The van der Waals surface area contributed by atoms with Crippen LogP contribution in [-0.2, 0) is 9.59 Å². The highest BCUT2D eigenvalue weighted by molar-refractivity contribution is 5.96. The first-order chi connectivity index (χ1) is 13.0. The minimum absolute atomic E-state index is 0.0783. The molecule has 2 N–H and O–H groups in total. The Labute approximate surface area is 156 Å². The van der Waals surface area contributed by atoms with E-state index in [2.05, 4.69) is 10.6 Å². The summed E-state index contributed by atoms with van der Waals surface area (Å²) in [6.45, 7) is 0.441. The number of hydrogen-bond acceptors (Lipinski definition) is 4. The number of nitrogens with one attached hydrogen (secondary N) is 2. The molecule has 8 heteroatoms. The lowest BCUT2D eigenvalue weighted by molar-refractivity contribution is -0.152. The van der Waals surface area contributed by atoms with Gasteiger partial charge in [-0.2, -0.15) is 0 Å². The maximum atomic E-state index is 12.4. The van der Waals surface area contributed by atoms with Crippen molar-refractivity contribution in [3.8, 4) is 11.3 Å². The van der Waals surface area contributed by atoms with Crippen molar-refractivity contribution >= 4 is 23.5 Å². The van der Waals surface area contributed by atoms with Gasteiger partial charge in [0.25, 0.3) is 0 Å². The number of hydrogen-bond donors (Lipinski definition) is 2. The molecule has 0 bridgehead atoms. The zero-order valence-electron chi connectivity index (χ0n) is 14.8. The van der Waals surface area contributed by atoms with E-state index >= 15 is 0 Å². The number of carbonyl (C=O) groups excluding carboxylic acids is 3. The first-order valence-corrected chi connectivity index (χ1v) is 8.77. The molecule has 2 fully saturated rings. The molecule has 4 amide bonds. The number of amides is 4. The predicted molar refractivity (Wildman–Crippen MR) is 97.8 cm³/mol. The fraction of sp³-hybridized carbons (Fsp3) is 0.316. The second kappa shape index (κ2) is 6.79. The van der Waals surface area contributed by atoms with Crippen LogP contribution in [0.15, 0.2) is 47.1 Å². The Kier molecular flexibility index (Phi) is 4.31. The van der Waals surface area contributed by atoms with Gasteiger partial charge in [-0.15, -0.1) is 0 Å². The van der Waals surface area contributed by atoms with Crippen molar-refractivity contribution in [1.82, 2.24) is 15.1 Å². The number of benzene rings is 1. The Hall–Kier alpha value is -3.29. The monoisotopic (exact) mass is 368 g/mol. The second-order valence-electron chi connectivity index (χ2n) is 6.85. The van der Waals surface area contributed by atoms with Gasteiger partial charge in [0.1, 0.15) is 11.8 Å². The van der Waals surface area contributed by atoms with Crippen molar-refractivity contribution in [3.05, 3.63) is 42.7 Å². The minimum Gasteiger partial charge on any atom is -0.464 e. The standard InChI is InChI=1S/C19H20N4O4/c1-22-11-17(24)23-10-14(9-15(23)18(22)25)21-19(26)20-13-5-2-4-12(8-13)16-6-3-7-27-16/h2-8,14-15H,9-11H2,1H3,(H2,20,21,26). The second-order valence-corrected chi connectivity index (χ2v) is 6.85. The van der Waals surface area contributed by atoms with E-state index in [1.165, 1.54) is 4.90 Å². The predicted octanol–water partition coefficient (Wildman–Crippen LogP) is 1.51. The zero-order valence-corrected chi connectivity index (χ0v) is 14.8. The average Bonchev–Trinajstić information content (AvgIpc) is 3.30. The Balaban J connectivity index is 1.39. The molecule has 2 atom stereocenters. The highest BCUT2D eigenvalue weighted by Crippen LogP contribution is 2.25. The fourth-order valence-electron chi connectivity index (χ4n) is 3.62. The number of urea groups is 1. The summed E-state index contributed by atoms with van der Waals surface area (Å²) in [7, 11) is 1.62. The normalized spacial score (nSPS) is 22.0. The van der Waals surface area contributed by atoms with Crippen molar-refractivity contribution in [3.63, 3.8) is 0 Å². The number of likely N-dealkylation sites (N-methyl/N-ethyl adjacent to an activating group) is 1. The smallest absolute Gasteiger partial charge is 0.319 e. The van der Waals surface area contributed by atoms with Crippen molar-refractivity contribution in [2.24, 2.45) is 0 Å². The van der Waals surface area contributed by atoms with E-state index in [0.717, 1.165) is 5.56 Å². The molecule has 1 aromatic carbocycles. The first-order valence-electron chi connectivity index (χ1n) is 8.77. The van der Waals surface area contributed by atoms with E-state index < -0.39 is 6.04 Å². The number of anilines is 1. The van der Waals surface area contributed by atoms with Crippen LogP contribution in [0.1, 0.15) is 6.42 Å². The largest absolute Gasteiger partial charge is 0.464 e. The molecule has 2 unspecified atom stereocenters. The Bertz CT molecular complexity index is 880. The number of fused-ring (bicyclic) bond motifs is 1. The molecule has 0 radical (unpaired) electrons. The van der Waals surface area contributed by atoms with Gasteiger partial charge in [-0.25, -0.2) is 4.79 Å². The van der Waals surface area contributed by atoms with Crippen molar-refractivity contribution in [1.29, 1.82) is 0 Å². The van der Waals surface area contributed by atoms with Crippen LogP contribution in [-0.4, -0.2) is 59.9 Å². The van der Waals surface area contributed by atoms with E-state index in [9.17, 15) is 14.4 Å². The van der Waals surface area contributed by atoms with Gasteiger partial charge in [-0.05, 0) is 30.7 Å². The third-order valence-corrected chi connectivity index (χ3v) is 4.92. The number of piperazine rings is 1. The molecule has 4 rings (SSSR count). The molecule has 0 spiro atoms. The van der Waals surface area contributed by atoms with Gasteiger partial charge in [0, 0.05) is 24.8 Å². The molecule has 2 aliphatic rings. The van der Waals surface area contributed by atoms with Gasteiger partial charge in [0.15, 0.2) is 0 Å². The molecule has 140 valence electrons. The highest BCUT2D eigenvalue weighted by Gasteiger charge is 2.44. The fourth-order valence-corrected chi connectivity index (χ4v) is 3.62. The molecule has 2 saturated heterocycles. The van der Waals surface area contributed by atoms with Crippen LogP contribution in [0.3, 0.4) is 0 Å². The summed E-state index contributed by atoms with van der Waals surface area (Å²) in [5, 5.41) is 5.65. The van der Waals surface area contributed by atoms with E-state index in [4.69, 9.17) is 4.42 Å². The molecule has 8 nitrogen and oxygen atoms in total.